The van der Waals surface area contributed by atoms with E-state index in [9.17, 15) is 9.59 Å². The van der Waals surface area contributed by atoms with Crippen LogP contribution in [0.5, 0.6) is 0 Å². The van der Waals surface area contributed by atoms with Crippen LogP contribution in [0, 0.1) is 12.8 Å². The van der Waals surface area contributed by atoms with Crippen LogP contribution in [0.2, 0.25) is 0 Å². The largest absolute Gasteiger partial charge is 0.352 e. The number of aryl methyl sites for hydroxylation is 1. The smallest absolute Gasteiger partial charge is 0.251 e. The van der Waals surface area contributed by atoms with Crippen LogP contribution in [-0.4, -0.2) is 56.0 Å². The van der Waals surface area contributed by atoms with E-state index < -0.39 is 0 Å². The maximum absolute atomic E-state index is 12.3. The van der Waals surface area contributed by atoms with Gasteiger partial charge < -0.3 is 20.9 Å². The Bertz CT molecular complexity index is 610. The lowest BCUT2D eigenvalue weighted by Gasteiger charge is -2.27. The van der Waals surface area contributed by atoms with Crippen molar-refractivity contribution in [1.82, 2.24) is 15.5 Å². The van der Waals surface area contributed by atoms with Gasteiger partial charge in [-0.2, -0.15) is 0 Å². The molecule has 2 rings (SSSR count). The van der Waals surface area contributed by atoms with Crippen molar-refractivity contribution < 1.29 is 9.59 Å². The normalized spacial score (nSPS) is 15.1. The molecule has 6 heteroatoms. The number of piperazine rings is 1. The number of anilines is 1. The number of hydrogen-bond donors (Lipinski definition) is 3. The predicted molar refractivity (Wildman–Crippen MR) is 106 cm³/mol. The fourth-order valence-electron chi connectivity index (χ4n) is 3.06. The summed E-state index contributed by atoms with van der Waals surface area (Å²) in [5.41, 5.74) is 2.30. The van der Waals surface area contributed by atoms with Gasteiger partial charge in [-0.1, -0.05) is 13.8 Å². The number of benzene rings is 1. The molecule has 0 aromatic heterocycles. The van der Waals surface area contributed by atoms with Crippen molar-refractivity contribution in [3.8, 4) is 0 Å². The average molecular weight is 361 g/mol. The molecule has 1 aromatic carbocycles. The van der Waals surface area contributed by atoms with Crippen molar-refractivity contribution in [2.75, 3.05) is 44.6 Å². The molecule has 0 saturated carbocycles. The Morgan fingerprint density at radius 3 is 2.62 bits per heavy atom. The Hall–Kier alpha value is -1.92. The van der Waals surface area contributed by atoms with E-state index in [2.05, 4.69) is 20.9 Å². The van der Waals surface area contributed by atoms with Gasteiger partial charge in [-0.3, -0.25) is 9.59 Å². The van der Waals surface area contributed by atoms with Crippen LogP contribution in [0.3, 0.4) is 0 Å². The van der Waals surface area contributed by atoms with E-state index in [0.717, 1.165) is 50.4 Å². The van der Waals surface area contributed by atoms with Gasteiger partial charge in [-0.25, -0.2) is 0 Å². The first-order valence-electron chi connectivity index (χ1n) is 9.57. The lowest BCUT2D eigenvalue weighted by atomic mass is 10.1. The van der Waals surface area contributed by atoms with E-state index in [1.54, 1.807) is 6.07 Å². The van der Waals surface area contributed by atoms with Gasteiger partial charge in [0.2, 0.25) is 5.91 Å². The molecule has 1 saturated heterocycles. The molecule has 1 heterocycles. The third-order valence-electron chi connectivity index (χ3n) is 4.50. The third kappa shape index (κ3) is 6.77. The number of carbonyl (C=O) groups is 2. The van der Waals surface area contributed by atoms with Crippen molar-refractivity contribution in [3.05, 3.63) is 29.3 Å². The van der Waals surface area contributed by atoms with Crippen molar-refractivity contribution >= 4 is 17.5 Å². The summed E-state index contributed by atoms with van der Waals surface area (Å²) in [5, 5.41) is 9.24. The van der Waals surface area contributed by atoms with E-state index in [0.29, 0.717) is 24.4 Å². The zero-order chi connectivity index (χ0) is 18.9. The summed E-state index contributed by atoms with van der Waals surface area (Å²) in [6.07, 6.45) is 1.45. The quantitative estimate of drug-likeness (QED) is 0.620. The molecule has 26 heavy (non-hydrogen) atoms. The molecular weight excluding hydrogens is 328 g/mol. The monoisotopic (exact) mass is 360 g/mol. The van der Waals surface area contributed by atoms with Gasteiger partial charge in [-0.05, 0) is 49.6 Å². The Balaban J connectivity index is 1.77. The van der Waals surface area contributed by atoms with E-state index in [1.807, 2.05) is 32.9 Å². The van der Waals surface area contributed by atoms with Crippen LogP contribution in [0.15, 0.2) is 18.2 Å². The molecule has 3 N–H and O–H groups in total. The van der Waals surface area contributed by atoms with Gasteiger partial charge in [0.15, 0.2) is 0 Å². The lowest BCUT2D eigenvalue weighted by molar-refractivity contribution is -0.116. The molecule has 0 spiro atoms. The van der Waals surface area contributed by atoms with Crippen LogP contribution >= 0.6 is 0 Å². The summed E-state index contributed by atoms with van der Waals surface area (Å²) in [6, 6.07) is 5.41. The van der Waals surface area contributed by atoms with Crippen LogP contribution in [-0.2, 0) is 4.79 Å². The van der Waals surface area contributed by atoms with Crippen LogP contribution < -0.4 is 16.0 Å². The van der Waals surface area contributed by atoms with Gasteiger partial charge in [-0.15, -0.1) is 0 Å². The van der Waals surface area contributed by atoms with Crippen molar-refractivity contribution in [2.24, 2.45) is 5.92 Å². The van der Waals surface area contributed by atoms with Gasteiger partial charge in [0, 0.05) is 50.4 Å². The Morgan fingerprint density at radius 1 is 1.23 bits per heavy atom. The SMILES string of the molecule is Cc1cc(C(=O)NCCCN2CCNCC2)ccc1NC(=O)CC(C)C. The van der Waals surface area contributed by atoms with Gasteiger partial charge in [0.25, 0.3) is 5.91 Å². The van der Waals surface area contributed by atoms with E-state index in [1.165, 1.54) is 0 Å². The number of amides is 2. The summed E-state index contributed by atoms with van der Waals surface area (Å²) >= 11 is 0. The first-order chi connectivity index (χ1) is 12.5. The number of hydrogen-bond acceptors (Lipinski definition) is 4. The maximum atomic E-state index is 12.3. The molecule has 1 aromatic rings. The highest BCUT2D eigenvalue weighted by Crippen LogP contribution is 2.17. The fraction of sp³-hybridized carbons (Fsp3) is 0.600. The molecule has 1 fully saturated rings. The minimum absolute atomic E-state index is 0.00761. The topological polar surface area (TPSA) is 73.5 Å². The predicted octanol–water partition coefficient (Wildman–Crippen LogP) is 2.00. The highest BCUT2D eigenvalue weighted by atomic mass is 16.2. The molecular formula is C20H32N4O2. The Kier molecular flexibility index (Phi) is 8.06. The lowest BCUT2D eigenvalue weighted by Crippen LogP contribution is -2.44. The molecule has 144 valence electrons. The van der Waals surface area contributed by atoms with Crippen LogP contribution in [0.1, 0.15) is 42.6 Å². The number of nitrogens with one attached hydrogen (secondary N) is 3. The van der Waals surface area contributed by atoms with Gasteiger partial charge in [0.1, 0.15) is 0 Å². The summed E-state index contributed by atoms with van der Waals surface area (Å²) < 4.78 is 0. The van der Waals surface area contributed by atoms with Gasteiger partial charge >= 0.3 is 0 Å². The standard InChI is InChI=1S/C20H32N4O2/c1-15(2)13-19(25)23-18-6-5-17(14-16(18)3)20(26)22-7-4-10-24-11-8-21-9-12-24/h5-6,14-15,21H,4,7-13H2,1-3H3,(H,22,26)(H,23,25). The third-order valence-corrected chi connectivity index (χ3v) is 4.50. The first kappa shape index (κ1) is 20.4. The van der Waals surface area contributed by atoms with E-state index >= 15 is 0 Å². The van der Waals surface area contributed by atoms with E-state index in [-0.39, 0.29) is 11.8 Å². The second-order valence-electron chi connectivity index (χ2n) is 7.38. The zero-order valence-corrected chi connectivity index (χ0v) is 16.2. The summed E-state index contributed by atoms with van der Waals surface area (Å²) in [7, 11) is 0. The van der Waals surface area contributed by atoms with Crippen molar-refractivity contribution in [1.29, 1.82) is 0 Å². The molecule has 6 nitrogen and oxygen atoms in total. The maximum Gasteiger partial charge on any atom is 0.251 e. The second kappa shape index (κ2) is 10.3. The van der Waals surface area contributed by atoms with Crippen molar-refractivity contribution in [2.45, 2.75) is 33.6 Å². The zero-order valence-electron chi connectivity index (χ0n) is 16.2. The highest BCUT2D eigenvalue weighted by Gasteiger charge is 2.11. The molecule has 1 aliphatic heterocycles. The molecule has 0 unspecified atom stereocenters. The number of nitrogens with zero attached hydrogens (tertiary/aromatic N) is 1. The molecule has 1 aliphatic rings. The minimum Gasteiger partial charge on any atom is -0.352 e. The second-order valence-corrected chi connectivity index (χ2v) is 7.38. The molecule has 0 aliphatic carbocycles. The minimum atomic E-state index is -0.0616. The first-order valence-corrected chi connectivity index (χ1v) is 9.57. The van der Waals surface area contributed by atoms with E-state index in [4.69, 9.17) is 0 Å². The number of rotatable bonds is 8. The molecule has 0 atom stereocenters. The number of carbonyl (C=O) groups excluding carboxylic acids is 2. The summed E-state index contributed by atoms with van der Waals surface area (Å²) in [6.45, 7) is 11.9. The molecule has 2 amide bonds. The van der Waals surface area contributed by atoms with Crippen LogP contribution in [0.25, 0.3) is 0 Å². The van der Waals surface area contributed by atoms with Gasteiger partial charge in [0.05, 0.1) is 0 Å². The van der Waals surface area contributed by atoms with Crippen LogP contribution in [0.4, 0.5) is 5.69 Å². The Labute approximate surface area is 156 Å². The van der Waals surface area contributed by atoms with Crippen molar-refractivity contribution in [3.63, 3.8) is 0 Å². The molecule has 0 bridgehead atoms. The Morgan fingerprint density at radius 2 is 1.96 bits per heavy atom. The average Bonchev–Trinajstić information content (AvgIpc) is 2.60. The summed E-state index contributed by atoms with van der Waals surface area (Å²) in [4.78, 5) is 26.6. The summed E-state index contributed by atoms with van der Waals surface area (Å²) in [5.74, 6) is 0.267. The highest BCUT2D eigenvalue weighted by molar-refractivity contribution is 5.96. The fourth-order valence-corrected chi connectivity index (χ4v) is 3.06. The molecule has 0 radical (unpaired) electrons.